The quantitative estimate of drug-likeness (QED) is 0.773. The molecule has 0 unspecified atom stereocenters. The minimum atomic E-state index is -4.49. The number of benzene rings is 1. The average Bonchev–Trinajstić information content (AvgIpc) is 2.29. The van der Waals surface area contributed by atoms with Crippen molar-refractivity contribution in [3.05, 3.63) is 29.3 Å². The molecule has 0 aromatic heterocycles. The Morgan fingerprint density at radius 1 is 1.38 bits per heavy atom. The summed E-state index contributed by atoms with van der Waals surface area (Å²) in [4.78, 5) is 0. The zero-order chi connectivity index (χ0) is 12.8. The van der Waals surface area contributed by atoms with Crippen molar-refractivity contribution in [2.45, 2.75) is 6.18 Å². The normalized spacial score (nSPS) is 9.69. The topological polar surface area (TPSA) is 35.8 Å². The lowest BCUT2D eigenvalue weighted by molar-refractivity contribution is -0.137. The van der Waals surface area contributed by atoms with Crippen LogP contribution in [0.5, 0.6) is 0 Å². The van der Waals surface area contributed by atoms with Gasteiger partial charge < -0.3 is 5.32 Å². The zero-order valence-corrected chi connectivity index (χ0v) is 9.25. The molecule has 0 aliphatic carbocycles. The van der Waals surface area contributed by atoms with E-state index in [1.54, 1.807) is 0 Å². The minimum absolute atomic E-state index is 0.330. The van der Waals surface area contributed by atoms with E-state index in [0.29, 0.717) is 5.69 Å². The van der Waals surface area contributed by atoms with Crippen LogP contribution in [0.25, 0.3) is 0 Å². The van der Waals surface area contributed by atoms with E-state index >= 15 is 0 Å². The Labute approximate surface area is 96.7 Å². The molecule has 16 heavy (non-hydrogen) atoms. The first kappa shape index (κ1) is 14.4. The Morgan fingerprint density at radius 2 is 1.94 bits per heavy atom. The molecule has 0 spiro atoms. The molecule has 0 atom stereocenters. The number of alkyl halides is 3. The van der Waals surface area contributed by atoms with Gasteiger partial charge in [-0.25, -0.2) is 0 Å². The molecule has 0 saturated carbocycles. The molecule has 0 amide bonds. The first-order valence-electron chi connectivity index (χ1n) is 4.07. The van der Waals surface area contributed by atoms with Crippen LogP contribution in [0.1, 0.15) is 11.1 Å². The van der Waals surface area contributed by atoms with Gasteiger partial charge in [-0.1, -0.05) is 12.2 Å². The van der Waals surface area contributed by atoms with Gasteiger partial charge in [0.25, 0.3) is 0 Å². The van der Waals surface area contributed by atoms with Crippen LogP contribution >= 0.6 is 12.2 Å². The second-order valence-electron chi connectivity index (χ2n) is 2.62. The lowest BCUT2D eigenvalue weighted by Crippen LogP contribution is -2.08. The third-order valence-electron chi connectivity index (χ3n) is 1.73. The van der Waals surface area contributed by atoms with Gasteiger partial charge in [0.1, 0.15) is 0 Å². The molecule has 1 rings (SSSR count). The van der Waals surface area contributed by atoms with Crippen molar-refractivity contribution in [2.75, 3.05) is 12.4 Å². The molecule has 0 aliphatic heterocycles. The second kappa shape index (κ2) is 6.08. The standard InChI is InChI=1S/C9H7F3N2.CH2S/c1-14-7-3-2-6(5-13)8(4-7)9(10,11)12;1-2/h2-4,14H,1H3;1H2. The Morgan fingerprint density at radius 3 is 2.31 bits per heavy atom. The highest BCUT2D eigenvalue weighted by Crippen LogP contribution is 2.33. The molecule has 0 heterocycles. The fourth-order valence-corrected chi connectivity index (χ4v) is 1.03. The van der Waals surface area contributed by atoms with Crippen molar-refractivity contribution in [3.8, 4) is 6.07 Å². The number of thiocarbonyl (C=S) groups is 1. The van der Waals surface area contributed by atoms with Crippen LogP contribution in [0, 0.1) is 11.3 Å². The summed E-state index contributed by atoms with van der Waals surface area (Å²) in [6.07, 6.45) is -4.49. The van der Waals surface area contributed by atoms with E-state index in [0.717, 1.165) is 12.1 Å². The third-order valence-corrected chi connectivity index (χ3v) is 1.73. The fraction of sp³-hybridized carbons (Fsp3) is 0.200. The largest absolute Gasteiger partial charge is 0.417 e. The van der Waals surface area contributed by atoms with Gasteiger partial charge in [0, 0.05) is 12.7 Å². The first-order valence-corrected chi connectivity index (χ1v) is 4.64. The van der Waals surface area contributed by atoms with Gasteiger partial charge in [0.05, 0.1) is 17.2 Å². The highest BCUT2D eigenvalue weighted by atomic mass is 32.1. The van der Waals surface area contributed by atoms with Crippen molar-refractivity contribution >= 4 is 23.8 Å². The van der Waals surface area contributed by atoms with Crippen LogP contribution in [-0.2, 0) is 6.18 Å². The van der Waals surface area contributed by atoms with Crippen LogP contribution < -0.4 is 5.32 Å². The van der Waals surface area contributed by atoms with Crippen molar-refractivity contribution in [2.24, 2.45) is 0 Å². The highest BCUT2D eigenvalue weighted by molar-refractivity contribution is 7.77. The summed E-state index contributed by atoms with van der Waals surface area (Å²) in [6, 6.07) is 4.99. The fourth-order valence-electron chi connectivity index (χ4n) is 1.03. The molecule has 86 valence electrons. The van der Waals surface area contributed by atoms with Crippen LogP contribution in [0.4, 0.5) is 18.9 Å². The summed E-state index contributed by atoms with van der Waals surface area (Å²) < 4.78 is 37.1. The molecule has 1 aromatic rings. The van der Waals surface area contributed by atoms with Crippen molar-refractivity contribution in [3.63, 3.8) is 0 Å². The predicted octanol–water partition coefficient (Wildman–Crippen LogP) is 3.23. The molecule has 0 saturated heterocycles. The van der Waals surface area contributed by atoms with Gasteiger partial charge in [-0.2, -0.15) is 18.4 Å². The van der Waals surface area contributed by atoms with E-state index < -0.39 is 11.7 Å². The number of nitrogens with one attached hydrogen (secondary N) is 1. The Kier molecular flexibility index (Phi) is 5.47. The van der Waals surface area contributed by atoms with Gasteiger partial charge in [-0.15, -0.1) is 0 Å². The van der Waals surface area contributed by atoms with Crippen molar-refractivity contribution in [1.82, 2.24) is 0 Å². The molecule has 2 nitrogen and oxygen atoms in total. The molecule has 0 fully saturated rings. The highest BCUT2D eigenvalue weighted by Gasteiger charge is 2.33. The SMILES string of the molecule is C=S.CNc1ccc(C#N)c(C(F)(F)F)c1. The smallest absolute Gasteiger partial charge is 0.388 e. The molecule has 6 heteroatoms. The molecular weight excluding hydrogens is 237 g/mol. The van der Waals surface area contributed by atoms with E-state index in [2.05, 4.69) is 23.4 Å². The monoisotopic (exact) mass is 246 g/mol. The van der Waals surface area contributed by atoms with Gasteiger partial charge in [0.2, 0.25) is 0 Å². The van der Waals surface area contributed by atoms with E-state index in [1.807, 2.05) is 0 Å². The van der Waals surface area contributed by atoms with E-state index in [-0.39, 0.29) is 5.56 Å². The van der Waals surface area contributed by atoms with Gasteiger partial charge in [-0.3, -0.25) is 0 Å². The van der Waals surface area contributed by atoms with E-state index in [1.165, 1.54) is 19.2 Å². The van der Waals surface area contributed by atoms with Crippen molar-refractivity contribution < 1.29 is 13.2 Å². The number of anilines is 1. The van der Waals surface area contributed by atoms with Crippen LogP contribution in [0.3, 0.4) is 0 Å². The minimum Gasteiger partial charge on any atom is -0.388 e. The lowest BCUT2D eigenvalue weighted by Gasteiger charge is -2.10. The van der Waals surface area contributed by atoms with E-state index in [9.17, 15) is 13.2 Å². The zero-order valence-electron chi connectivity index (χ0n) is 8.43. The average molecular weight is 246 g/mol. The number of nitriles is 1. The Hall–Kier alpha value is -1.61. The lowest BCUT2D eigenvalue weighted by atomic mass is 10.1. The number of halogens is 3. The first-order chi connectivity index (χ1) is 7.49. The summed E-state index contributed by atoms with van der Waals surface area (Å²) in [5.74, 6) is 2.83. The summed E-state index contributed by atoms with van der Waals surface area (Å²) in [6.45, 7) is 0. The number of hydrogen-bond donors (Lipinski definition) is 1. The Bertz CT molecular complexity index is 396. The summed E-state index contributed by atoms with van der Waals surface area (Å²) in [5, 5.41) is 11.1. The Balaban J connectivity index is 0.00000106. The maximum atomic E-state index is 12.4. The number of hydrogen-bond acceptors (Lipinski definition) is 3. The van der Waals surface area contributed by atoms with Crippen molar-refractivity contribution in [1.29, 1.82) is 5.26 Å². The molecule has 0 bridgehead atoms. The molecular formula is C10H9F3N2S. The van der Waals surface area contributed by atoms with Crippen LogP contribution in [0.2, 0.25) is 0 Å². The van der Waals surface area contributed by atoms with Crippen LogP contribution in [-0.4, -0.2) is 12.9 Å². The second-order valence-corrected chi connectivity index (χ2v) is 2.62. The molecule has 0 aliphatic rings. The predicted molar refractivity (Wildman–Crippen MR) is 60.4 cm³/mol. The number of nitrogens with zero attached hydrogens (tertiary/aromatic N) is 1. The third kappa shape index (κ3) is 3.51. The van der Waals surface area contributed by atoms with Gasteiger partial charge in [-0.05, 0) is 24.1 Å². The summed E-state index contributed by atoms with van der Waals surface area (Å²) >= 11 is 3.83. The summed E-state index contributed by atoms with van der Waals surface area (Å²) in [7, 11) is 1.52. The number of rotatable bonds is 1. The van der Waals surface area contributed by atoms with Gasteiger partial charge >= 0.3 is 6.18 Å². The van der Waals surface area contributed by atoms with E-state index in [4.69, 9.17) is 5.26 Å². The molecule has 1 N–H and O–H groups in total. The maximum Gasteiger partial charge on any atom is 0.417 e. The van der Waals surface area contributed by atoms with Gasteiger partial charge in [0.15, 0.2) is 0 Å². The maximum absolute atomic E-state index is 12.4. The molecule has 1 aromatic carbocycles. The molecule has 0 radical (unpaired) electrons. The van der Waals surface area contributed by atoms with Crippen LogP contribution in [0.15, 0.2) is 18.2 Å². The summed E-state index contributed by atoms with van der Waals surface area (Å²) in [5.41, 5.74) is -0.945.